The van der Waals surface area contributed by atoms with E-state index in [9.17, 15) is 9.18 Å². The number of fused-ring (bicyclic) bond motifs is 1. The van der Waals surface area contributed by atoms with E-state index < -0.39 is 0 Å². The van der Waals surface area contributed by atoms with Gasteiger partial charge in [-0.15, -0.1) is 0 Å². The number of methoxy groups -OCH3 is 2. The van der Waals surface area contributed by atoms with Crippen molar-refractivity contribution in [2.45, 2.75) is 44.8 Å². The molecule has 0 saturated carbocycles. The Kier molecular flexibility index (Phi) is 10.6. The molecule has 1 amide bonds. The van der Waals surface area contributed by atoms with Crippen LogP contribution >= 0.6 is 23.2 Å². The lowest BCUT2D eigenvalue weighted by Gasteiger charge is -2.30. The number of carbonyl (C=O) groups excluding carboxylic acids is 1. The highest BCUT2D eigenvalue weighted by molar-refractivity contribution is 6.39. The van der Waals surface area contributed by atoms with Crippen molar-refractivity contribution in [1.82, 2.24) is 25.5 Å². The first-order chi connectivity index (χ1) is 22.9. The van der Waals surface area contributed by atoms with Crippen LogP contribution in [0.1, 0.15) is 36.0 Å². The second kappa shape index (κ2) is 15.0. The van der Waals surface area contributed by atoms with Crippen molar-refractivity contribution in [2.24, 2.45) is 0 Å². The third-order valence-electron chi connectivity index (χ3n) is 8.86. The smallest absolute Gasteiger partial charge is 0.220 e. The lowest BCUT2D eigenvalue weighted by molar-refractivity contribution is -0.119. The largest absolute Gasteiger partial charge is 0.496 e. The summed E-state index contributed by atoms with van der Waals surface area (Å²) < 4.78 is 24.2. The van der Waals surface area contributed by atoms with E-state index in [2.05, 4.69) is 26.6 Å². The molecule has 1 atom stereocenters. The van der Waals surface area contributed by atoms with E-state index in [-0.39, 0.29) is 18.6 Å². The van der Waals surface area contributed by atoms with Gasteiger partial charge < -0.3 is 20.1 Å². The van der Waals surface area contributed by atoms with Gasteiger partial charge in [-0.1, -0.05) is 47.5 Å². The van der Waals surface area contributed by atoms with Gasteiger partial charge in [0.05, 0.1) is 42.3 Å². The number of hydrogen-bond acceptors (Lipinski definition) is 7. The van der Waals surface area contributed by atoms with Crippen molar-refractivity contribution < 1.29 is 18.7 Å². The normalized spacial score (nSPS) is 16.2. The van der Waals surface area contributed by atoms with Crippen LogP contribution in [-0.4, -0.2) is 67.3 Å². The highest BCUT2D eigenvalue weighted by Crippen LogP contribution is 2.43. The molecule has 2 aliphatic heterocycles. The SMILES string of the molecule is COc1cc(-c2nccc(-c3cccc(-c4ccc(CNCC5CCC(=O)N5)c(OC)n4)c3Cl)c2Cl)cc2c1CN(CCCF)CC2. The van der Waals surface area contributed by atoms with Gasteiger partial charge in [0.2, 0.25) is 11.8 Å². The summed E-state index contributed by atoms with van der Waals surface area (Å²) in [6.07, 6.45) is 4.51. The van der Waals surface area contributed by atoms with Gasteiger partial charge >= 0.3 is 0 Å². The van der Waals surface area contributed by atoms with Crippen LogP contribution in [0.4, 0.5) is 4.39 Å². The number of nitrogens with zero attached hydrogens (tertiary/aromatic N) is 3. The van der Waals surface area contributed by atoms with E-state index in [4.69, 9.17) is 37.7 Å². The molecule has 2 aromatic carbocycles. The van der Waals surface area contributed by atoms with E-state index in [1.54, 1.807) is 20.4 Å². The average molecular weight is 679 g/mol. The molecule has 0 spiro atoms. The number of hydrogen-bond donors (Lipinski definition) is 2. The molecular formula is C36H38Cl2FN5O3. The van der Waals surface area contributed by atoms with Crippen LogP contribution < -0.4 is 20.1 Å². The summed E-state index contributed by atoms with van der Waals surface area (Å²) in [6.45, 7) is 3.22. The van der Waals surface area contributed by atoms with E-state index >= 15 is 0 Å². The number of amides is 1. The molecule has 2 aromatic heterocycles. The van der Waals surface area contributed by atoms with Crippen LogP contribution in [0.15, 0.2) is 54.7 Å². The number of carbonyl (C=O) groups is 1. The predicted octanol–water partition coefficient (Wildman–Crippen LogP) is 6.89. The second-order valence-electron chi connectivity index (χ2n) is 11.9. The first kappa shape index (κ1) is 33.2. The topological polar surface area (TPSA) is 88.6 Å². The molecule has 1 fully saturated rings. The predicted molar refractivity (Wildman–Crippen MR) is 184 cm³/mol. The molecule has 4 aromatic rings. The number of pyridine rings is 2. The summed E-state index contributed by atoms with van der Waals surface area (Å²) >= 11 is 14.2. The van der Waals surface area contributed by atoms with E-state index in [1.165, 1.54) is 5.56 Å². The number of nitrogens with one attached hydrogen (secondary N) is 2. The second-order valence-corrected chi connectivity index (χ2v) is 12.6. The minimum atomic E-state index is -0.314. The standard InChI is InChI=1S/C36H38Cl2FN5O3/c1-46-31-18-24(17-22-12-16-44(15-4-13-39)21-29(22)31)35-34(38)27(11-14-41-35)26-5-3-6-28(33(26)37)30-9-7-23(36(43-30)47-2)19-40-20-25-8-10-32(45)42-25/h3,5-7,9,11,14,17-18,25,40H,4,8,10,12-13,15-16,19-21H2,1-2H3,(H,42,45). The zero-order chi connectivity index (χ0) is 32.9. The van der Waals surface area contributed by atoms with Gasteiger partial charge in [0.25, 0.3) is 0 Å². The van der Waals surface area contributed by atoms with Crippen molar-refractivity contribution in [1.29, 1.82) is 0 Å². The minimum Gasteiger partial charge on any atom is -0.496 e. The van der Waals surface area contributed by atoms with Crippen LogP contribution in [-0.2, 0) is 24.3 Å². The monoisotopic (exact) mass is 677 g/mol. The molecule has 8 nitrogen and oxygen atoms in total. The van der Waals surface area contributed by atoms with Crippen LogP contribution in [0.3, 0.4) is 0 Å². The van der Waals surface area contributed by atoms with E-state index in [0.29, 0.717) is 53.2 Å². The summed E-state index contributed by atoms with van der Waals surface area (Å²) in [4.78, 5) is 23.2. The molecular weight excluding hydrogens is 640 g/mol. The minimum absolute atomic E-state index is 0.0994. The summed E-state index contributed by atoms with van der Waals surface area (Å²) in [5.41, 5.74) is 7.65. The third-order valence-corrected chi connectivity index (χ3v) is 9.65. The van der Waals surface area contributed by atoms with Crippen molar-refractivity contribution in [2.75, 3.05) is 40.5 Å². The Morgan fingerprint density at radius 3 is 2.64 bits per heavy atom. The third kappa shape index (κ3) is 7.23. The molecule has 1 unspecified atom stereocenters. The van der Waals surface area contributed by atoms with E-state index in [0.717, 1.165) is 71.6 Å². The van der Waals surface area contributed by atoms with Gasteiger partial charge in [-0.05, 0) is 49.1 Å². The van der Waals surface area contributed by atoms with Gasteiger partial charge in [-0.2, -0.15) is 0 Å². The Balaban J connectivity index is 1.27. The molecule has 11 heteroatoms. The number of benzene rings is 2. The van der Waals surface area contributed by atoms with Crippen LogP contribution in [0.5, 0.6) is 11.6 Å². The molecule has 2 N–H and O–H groups in total. The number of rotatable bonds is 12. The average Bonchev–Trinajstić information content (AvgIpc) is 3.51. The fourth-order valence-electron chi connectivity index (χ4n) is 6.41. The summed E-state index contributed by atoms with van der Waals surface area (Å²) in [5, 5.41) is 7.37. The summed E-state index contributed by atoms with van der Waals surface area (Å²) in [6, 6.07) is 15.8. The lowest BCUT2D eigenvalue weighted by atomic mass is 9.94. The molecule has 0 radical (unpaired) electrons. The van der Waals surface area contributed by atoms with Crippen molar-refractivity contribution in [3.8, 4) is 45.3 Å². The molecule has 6 rings (SSSR count). The zero-order valence-corrected chi connectivity index (χ0v) is 28.1. The Morgan fingerprint density at radius 2 is 1.87 bits per heavy atom. The Bertz CT molecular complexity index is 1750. The quantitative estimate of drug-likeness (QED) is 0.169. The molecule has 47 heavy (non-hydrogen) atoms. The first-order valence-electron chi connectivity index (χ1n) is 15.9. The molecule has 0 aliphatic carbocycles. The molecule has 1 saturated heterocycles. The summed E-state index contributed by atoms with van der Waals surface area (Å²) in [7, 11) is 3.27. The fraction of sp³-hybridized carbons (Fsp3) is 0.361. The van der Waals surface area contributed by atoms with Crippen molar-refractivity contribution in [3.05, 3.63) is 81.5 Å². The van der Waals surface area contributed by atoms with Crippen molar-refractivity contribution in [3.63, 3.8) is 0 Å². The Labute approximate surface area is 284 Å². The van der Waals surface area contributed by atoms with Gasteiger partial charge in [0, 0.05) is 84.8 Å². The number of ether oxygens (including phenoxy) is 2. The maximum absolute atomic E-state index is 12.8. The lowest BCUT2D eigenvalue weighted by Crippen LogP contribution is -2.35. The molecule has 0 bridgehead atoms. The maximum atomic E-state index is 12.8. The number of aromatic nitrogens is 2. The maximum Gasteiger partial charge on any atom is 0.220 e. The Morgan fingerprint density at radius 1 is 1.04 bits per heavy atom. The highest BCUT2D eigenvalue weighted by Gasteiger charge is 2.24. The van der Waals surface area contributed by atoms with Gasteiger partial charge in [-0.3, -0.25) is 19.1 Å². The van der Waals surface area contributed by atoms with Crippen molar-refractivity contribution >= 4 is 29.1 Å². The Hall–Kier alpha value is -3.76. The number of alkyl halides is 1. The van der Waals surface area contributed by atoms with Crippen LogP contribution in [0.2, 0.25) is 10.0 Å². The molecule has 2 aliphatic rings. The van der Waals surface area contributed by atoms with Gasteiger partial charge in [-0.25, -0.2) is 4.98 Å². The molecule has 4 heterocycles. The fourth-order valence-corrected chi connectivity index (χ4v) is 7.06. The first-order valence-corrected chi connectivity index (χ1v) is 16.6. The molecule has 246 valence electrons. The summed E-state index contributed by atoms with van der Waals surface area (Å²) in [5.74, 6) is 1.38. The van der Waals surface area contributed by atoms with E-state index in [1.807, 2.05) is 42.5 Å². The van der Waals surface area contributed by atoms with Gasteiger partial charge in [0.15, 0.2) is 0 Å². The van der Waals surface area contributed by atoms with Crippen LogP contribution in [0.25, 0.3) is 33.6 Å². The van der Waals surface area contributed by atoms with Gasteiger partial charge in [0.1, 0.15) is 5.75 Å². The van der Waals surface area contributed by atoms with Crippen LogP contribution in [0, 0.1) is 0 Å². The zero-order valence-electron chi connectivity index (χ0n) is 26.5. The highest BCUT2D eigenvalue weighted by atomic mass is 35.5. The number of halogens is 3.